The summed E-state index contributed by atoms with van der Waals surface area (Å²) >= 11 is 1.18. The van der Waals surface area contributed by atoms with Crippen molar-refractivity contribution in [1.82, 2.24) is 15.0 Å². The van der Waals surface area contributed by atoms with Crippen LogP contribution in [0.15, 0.2) is 108 Å². The molecule has 0 aliphatic carbocycles. The van der Waals surface area contributed by atoms with Crippen molar-refractivity contribution in [3.63, 3.8) is 0 Å². The van der Waals surface area contributed by atoms with Crippen molar-refractivity contribution >= 4 is 89.4 Å². The van der Waals surface area contributed by atoms with Crippen LogP contribution in [0.4, 0.5) is 57.4 Å². The number of nitrogens with one attached hydrogen (secondary N) is 2. The number of hydrogen-bond acceptors (Lipinski definition) is 19. The third-order valence-electron chi connectivity index (χ3n) is 9.08. The molecule has 1 aromatic heterocycles. The lowest BCUT2D eigenvalue weighted by atomic mass is 10.2. The van der Waals surface area contributed by atoms with Gasteiger partial charge in [-0.15, -0.1) is 20.5 Å². The van der Waals surface area contributed by atoms with E-state index in [-0.39, 0.29) is 62.1 Å². The zero-order valence-corrected chi connectivity index (χ0v) is 37.2. The topological polar surface area (TPSA) is 266 Å². The summed E-state index contributed by atoms with van der Waals surface area (Å²) in [5.74, 6) is 0.854. The predicted octanol–water partition coefficient (Wildman–Crippen LogP) is 8.48. The molecule has 5 N–H and O–H groups in total. The minimum atomic E-state index is -4.55. The van der Waals surface area contributed by atoms with Crippen molar-refractivity contribution in [1.29, 1.82) is 0 Å². The Balaban J connectivity index is 1.61. The number of aromatic nitrogens is 3. The molecule has 23 heteroatoms. The van der Waals surface area contributed by atoms with Crippen LogP contribution in [0.25, 0.3) is 0 Å². The summed E-state index contributed by atoms with van der Waals surface area (Å²) in [4.78, 5) is 17.4. The van der Waals surface area contributed by atoms with Crippen molar-refractivity contribution in [3.8, 4) is 11.5 Å². The fourth-order valence-corrected chi connectivity index (χ4v) is 7.51. The molecule has 5 aromatic rings. The van der Waals surface area contributed by atoms with Gasteiger partial charge in [-0.3, -0.25) is 9.11 Å². The van der Waals surface area contributed by atoms with Crippen LogP contribution in [0.3, 0.4) is 0 Å². The monoisotopic (exact) mass is 909 g/mol. The first-order chi connectivity index (χ1) is 29.6. The van der Waals surface area contributed by atoms with Crippen molar-refractivity contribution < 1.29 is 40.5 Å². The number of azo groups is 2. The molecule has 0 aliphatic heterocycles. The van der Waals surface area contributed by atoms with E-state index in [1.54, 1.807) is 12.1 Å². The Hall–Kier alpha value is -5.98. The van der Waals surface area contributed by atoms with Gasteiger partial charge < -0.3 is 35.0 Å². The van der Waals surface area contributed by atoms with Crippen LogP contribution >= 0.6 is 11.8 Å². The number of methoxy groups -OCH3 is 2. The van der Waals surface area contributed by atoms with Gasteiger partial charge in [0.2, 0.25) is 11.9 Å². The number of aliphatic hydroxyl groups excluding tert-OH is 1. The first-order valence-corrected chi connectivity index (χ1v) is 23.0. The second-order valence-electron chi connectivity index (χ2n) is 12.9. The van der Waals surface area contributed by atoms with Crippen LogP contribution < -0.4 is 29.9 Å². The molecule has 62 heavy (non-hydrogen) atoms. The molecule has 20 nitrogen and oxygen atoms in total. The smallest absolute Gasteiger partial charge is 0.294 e. The summed E-state index contributed by atoms with van der Waals surface area (Å²) in [5.41, 5.74) is 3.21. The number of anilines is 6. The minimum Gasteiger partial charge on any atom is -0.494 e. The van der Waals surface area contributed by atoms with Crippen LogP contribution in [-0.4, -0.2) is 98.8 Å². The van der Waals surface area contributed by atoms with E-state index >= 15 is 0 Å². The molecule has 0 aliphatic rings. The third-order valence-corrected chi connectivity index (χ3v) is 11.6. The van der Waals surface area contributed by atoms with E-state index in [1.807, 2.05) is 52.0 Å². The number of benzene rings is 4. The van der Waals surface area contributed by atoms with Gasteiger partial charge in [0.15, 0.2) is 5.16 Å². The SMILES string of the molecule is CCN(CC)c1ccc(N=Nc2cc(S(=O)(=O)O)ccc2OC)c(Nc2nc(Nc3cc(N(CC)CC)ccc3N=Nc3cc(S(=O)(=O)O)ccc3OC)nc(SCCO)n2)c1. The summed E-state index contributed by atoms with van der Waals surface area (Å²) in [7, 11) is -6.32. The fraction of sp³-hybridized carbons (Fsp3) is 0.308. The fourth-order valence-electron chi connectivity index (χ4n) is 5.94. The lowest BCUT2D eigenvalue weighted by Crippen LogP contribution is -2.21. The van der Waals surface area contributed by atoms with Gasteiger partial charge in [0.25, 0.3) is 20.2 Å². The van der Waals surface area contributed by atoms with Crippen molar-refractivity contribution in [2.45, 2.75) is 42.6 Å². The van der Waals surface area contributed by atoms with E-state index < -0.39 is 20.2 Å². The van der Waals surface area contributed by atoms with E-state index in [9.17, 15) is 31.0 Å². The summed E-state index contributed by atoms with van der Waals surface area (Å²) in [6.07, 6.45) is 0. The quantitative estimate of drug-likeness (QED) is 0.0262. The average molecular weight is 910 g/mol. The molecule has 0 amide bonds. The maximum Gasteiger partial charge on any atom is 0.294 e. The molecule has 0 atom stereocenters. The Morgan fingerprint density at radius 2 is 1.00 bits per heavy atom. The van der Waals surface area contributed by atoms with Gasteiger partial charge in [0.1, 0.15) is 34.2 Å². The molecule has 330 valence electrons. The van der Waals surface area contributed by atoms with Crippen LogP contribution in [0.1, 0.15) is 27.7 Å². The zero-order valence-electron chi connectivity index (χ0n) is 34.7. The second kappa shape index (κ2) is 21.2. The highest BCUT2D eigenvalue weighted by Gasteiger charge is 2.18. The van der Waals surface area contributed by atoms with Crippen LogP contribution in [0, 0.1) is 0 Å². The molecule has 4 aromatic carbocycles. The van der Waals surface area contributed by atoms with Crippen LogP contribution in [-0.2, 0) is 20.2 Å². The zero-order chi connectivity index (χ0) is 45.0. The number of ether oxygens (including phenoxy) is 2. The Kier molecular flexibility index (Phi) is 16.1. The summed E-state index contributed by atoms with van der Waals surface area (Å²) in [6.45, 7) is 10.7. The normalized spacial score (nSPS) is 11.9. The highest BCUT2D eigenvalue weighted by atomic mass is 32.2. The van der Waals surface area contributed by atoms with E-state index in [0.717, 1.165) is 23.5 Å². The summed E-state index contributed by atoms with van der Waals surface area (Å²) in [5, 5.41) is 33.8. The molecule has 0 saturated heterocycles. The van der Waals surface area contributed by atoms with Gasteiger partial charge >= 0.3 is 0 Å². The van der Waals surface area contributed by atoms with Gasteiger partial charge in [0.05, 0.1) is 42.0 Å². The maximum atomic E-state index is 11.9. The lowest BCUT2D eigenvalue weighted by Gasteiger charge is -2.22. The average Bonchev–Trinajstić information content (AvgIpc) is 3.25. The Labute approximate surface area is 364 Å². The summed E-state index contributed by atoms with van der Waals surface area (Å²) < 4.78 is 77.7. The van der Waals surface area contributed by atoms with Crippen molar-refractivity contribution in [3.05, 3.63) is 72.8 Å². The highest BCUT2D eigenvalue weighted by molar-refractivity contribution is 7.99. The molecule has 0 spiro atoms. The molecule has 0 bridgehead atoms. The van der Waals surface area contributed by atoms with Gasteiger partial charge in [-0.05, 0) is 100 Å². The van der Waals surface area contributed by atoms with Gasteiger partial charge in [0, 0.05) is 43.3 Å². The maximum absolute atomic E-state index is 11.9. The first kappa shape index (κ1) is 47.1. The molecule has 0 saturated carbocycles. The van der Waals surface area contributed by atoms with Gasteiger partial charge in [-0.1, -0.05) is 11.8 Å². The van der Waals surface area contributed by atoms with Crippen molar-refractivity contribution in [2.24, 2.45) is 20.5 Å². The molecule has 0 unspecified atom stereocenters. The molecular weight excluding hydrogens is 863 g/mol. The molecular formula is C39H47N11O9S3. The number of rotatable bonds is 21. The lowest BCUT2D eigenvalue weighted by molar-refractivity contribution is 0.322. The number of nitrogens with zero attached hydrogens (tertiary/aromatic N) is 9. The number of hydrogen-bond donors (Lipinski definition) is 5. The molecule has 0 radical (unpaired) electrons. The largest absolute Gasteiger partial charge is 0.494 e. The predicted molar refractivity (Wildman–Crippen MR) is 238 cm³/mol. The number of aliphatic hydroxyl groups is 1. The van der Waals surface area contributed by atoms with Crippen LogP contribution in [0.2, 0.25) is 0 Å². The van der Waals surface area contributed by atoms with E-state index in [4.69, 9.17) is 14.5 Å². The number of thioether (sulfide) groups is 1. The van der Waals surface area contributed by atoms with E-state index in [1.165, 1.54) is 50.2 Å². The Morgan fingerprint density at radius 3 is 1.35 bits per heavy atom. The molecule has 0 fully saturated rings. The summed E-state index contributed by atoms with van der Waals surface area (Å²) in [6, 6.07) is 18.2. The second-order valence-corrected chi connectivity index (χ2v) is 16.8. The Bertz CT molecular complexity index is 2470. The van der Waals surface area contributed by atoms with E-state index in [2.05, 4.69) is 50.9 Å². The van der Waals surface area contributed by atoms with E-state index in [0.29, 0.717) is 48.9 Å². The Morgan fingerprint density at radius 1 is 0.597 bits per heavy atom. The standard InChI is InChI=1S/C39H47N11O9S3/c1-7-49(8-2)25-11-15-29(45-47-33-23-27(61(52,53)54)13-17-35(33)58-5)31(21-25)40-37-42-38(44-39(43-37)60-20-19-51)41-32-22-26(50(9-3)10-4)12-16-30(32)46-48-34-24-28(62(55,56)57)14-18-36(34)59-6/h11-18,21-24,51H,7-10,19-20H2,1-6H3,(H,52,53,54)(H,55,56,57)(H2,40,41,42,43,44). The molecule has 1 heterocycles. The molecule has 5 rings (SSSR count). The third kappa shape index (κ3) is 12.1. The van der Waals surface area contributed by atoms with Gasteiger partial charge in [-0.2, -0.15) is 31.8 Å². The van der Waals surface area contributed by atoms with Gasteiger partial charge in [-0.25, -0.2) is 0 Å². The van der Waals surface area contributed by atoms with Crippen LogP contribution in [0.5, 0.6) is 11.5 Å². The highest BCUT2D eigenvalue weighted by Crippen LogP contribution is 2.39. The first-order valence-electron chi connectivity index (χ1n) is 19.1. The minimum absolute atomic E-state index is 0.0419. The van der Waals surface area contributed by atoms with Crippen molar-refractivity contribution in [2.75, 3.05) is 73.2 Å².